The van der Waals surface area contributed by atoms with Gasteiger partial charge in [0, 0.05) is 38.1 Å². The van der Waals surface area contributed by atoms with Crippen LogP contribution in [0.1, 0.15) is 28.4 Å². The zero-order chi connectivity index (χ0) is 22.3. The summed E-state index contributed by atoms with van der Waals surface area (Å²) in [6, 6.07) is 19.0. The number of rotatable bonds is 7. The predicted octanol–water partition coefficient (Wildman–Crippen LogP) is 4.50. The van der Waals surface area contributed by atoms with Crippen molar-refractivity contribution in [3.63, 3.8) is 0 Å². The van der Waals surface area contributed by atoms with Crippen molar-refractivity contribution in [3.05, 3.63) is 88.6 Å². The third-order valence-corrected chi connectivity index (χ3v) is 5.67. The van der Waals surface area contributed by atoms with Gasteiger partial charge in [-0.15, -0.1) is 0 Å². The van der Waals surface area contributed by atoms with Crippen LogP contribution in [0.15, 0.2) is 66.9 Å². The van der Waals surface area contributed by atoms with Gasteiger partial charge in [0.2, 0.25) is 0 Å². The molecular formula is C25H27ClN4O2. The third kappa shape index (κ3) is 5.85. The van der Waals surface area contributed by atoms with E-state index < -0.39 is 0 Å². The van der Waals surface area contributed by atoms with Crippen molar-refractivity contribution in [3.8, 4) is 0 Å². The van der Waals surface area contributed by atoms with Crippen LogP contribution in [0.2, 0.25) is 5.02 Å². The van der Waals surface area contributed by atoms with Crippen molar-refractivity contribution < 1.29 is 9.53 Å². The summed E-state index contributed by atoms with van der Waals surface area (Å²) in [5.74, 6) is 0.771. The lowest BCUT2D eigenvalue weighted by Crippen LogP contribution is -2.41. The first-order valence-corrected chi connectivity index (χ1v) is 11.1. The standard InChI is InChI=1S/C25H27ClN4O2/c1-18-17-30(11-12-32-18)24-10-9-20(16-28-24)15-27-14-19-5-4-6-21(13-19)29-25(31)22-7-2-3-8-23(22)26/h2-10,13,16,18,27H,11-12,14-15,17H2,1H3,(H,29,31). The molecule has 2 N–H and O–H groups in total. The quantitative estimate of drug-likeness (QED) is 0.554. The molecule has 1 aromatic heterocycles. The fraction of sp³-hybridized carbons (Fsp3) is 0.280. The van der Waals surface area contributed by atoms with E-state index in [9.17, 15) is 4.79 Å². The molecule has 0 aliphatic carbocycles. The number of morpholine rings is 1. The zero-order valence-corrected chi connectivity index (χ0v) is 18.8. The molecule has 0 radical (unpaired) electrons. The number of carbonyl (C=O) groups is 1. The first kappa shape index (κ1) is 22.3. The van der Waals surface area contributed by atoms with Crippen LogP contribution in [0.3, 0.4) is 0 Å². The molecule has 0 bridgehead atoms. The Morgan fingerprint density at radius 2 is 1.97 bits per heavy atom. The lowest BCUT2D eigenvalue weighted by atomic mass is 10.1. The average molecular weight is 451 g/mol. The second-order valence-electron chi connectivity index (χ2n) is 7.89. The number of anilines is 2. The summed E-state index contributed by atoms with van der Waals surface area (Å²) in [5.41, 5.74) is 3.40. The van der Waals surface area contributed by atoms with E-state index in [1.807, 2.05) is 30.5 Å². The van der Waals surface area contributed by atoms with Crippen molar-refractivity contribution in [2.75, 3.05) is 29.9 Å². The van der Waals surface area contributed by atoms with Crippen LogP contribution in [0, 0.1) is 0 Å². The van der Waals surface area contributed by atoms with E-state index in [0.717, 1.165) is 42.3 Å². The second-order valence-corrected chi connectivity index (χ2v) is 8.30. The number of amides is 1. The molecule has 1 fully saturated rings. The molecule has 6 nitrogen and oxygen atoms in total. The normalized spacial score (nSPS) is 16.1. The summed E-state index contributed by atoms with van der Waals surface area (Å²) in [6.45, 7) is 5.96. The first-order valence-electron chi connectivity index (χ1n) is 10.8. The van der Waals surface area contributed by atoms with Crippen LogP contribution < -0.4 is 15.5 Å². The predicted molar refractivity (Wildman–Crippen MR) is 128 cm³/mol. The smallest absolute Gasteiger partial charge is 0.257 e. The van der Waals surface area contributed by atoms with Gasteiger partial charge in [0.15, 0.2) is 0 Å². The minimum Gasteiger partial charge on any atom is -0.375 e. The molecule has 1 aliphatic heterocycles. The molecule has 2 aromatic carbocycles. The van der Waals surface area contributed by atoms with Gasteiger partial charge in [-0.25, -0.2) is 4.98 Å². The number of pyridine rings is 1. The van der Waals surface area contributed by atoms with Crippen molar-refractivity contribution >= 4 is 29.0 Å². The van der Waals surface area contributed by atoms with Gasteiger partial charge < -0.3 is 20.3 Å². The molecule has 1 amide bonds. The van der Waals surface area contributed by atoms with E-state index in [-0.39, 0.29) is 12.0 Å². The van der Waals surface area contributed by atoms with E-state index in [2.05, 4.69) is 39.6 Å². The molecule has 1 aliphatic rings. The van der Waals surface area contributed by atoms with E-state index in [1.54, 1.807) is 24.3 Å². The number of hydrogen-bond acceptors (Lipinski definition) is 5. The summed E-state index contributed by atoms with van der Waals surface area (Å²) in [5, 5.41) is 6.79. The molecule has 1 saturated heterocycles. The van der Waals surface area contributed by atoms with Gasteiger partial charge in [0.25, 0.3) is 5.91 Å². The number of nitrogens with one attached hydrogen (secondary N) is 2. The SMILES string of the molecule is CC1CN(c2ccc(CNCc3cccc(NC(=O)c4ccccc4Cl)c3)cn2)CCO1. The molecule has 1 atom stereocenters. The molecule has 2 heterocycles. The number of nitrogens with zero attached hydrogens (tertiary/aromatic N) is 2. The number of ether oxygens (including phenoxy) is 1. The fourth-order valence-corrected chi connectivity index (χ4v) is 3.91. The monoisotopic (exact) mass is 450 g/mol. The third-order valence-electron chi connectivity index (χ3n) is 5.34. The number of aromatic nitrogens is 1. The highest BCUT2D eigenvalue weighted by Gasteiger charge is 2.17. The Hall–Kier alpha value is -2.93. The Balaban J connectivity index is 1.29. The van der Waals surface area contributed by atoms with Crippen LogP contribution in [0.4, 0.5) is 11.5 Å². The highest BCUT2D eigenvalue weighted by atomic mass is 35.5. The molecule has 0 saturated carbocycles. The maximum atomic E-state index is 12.5. The van der Waals surface area contributed by atoms with Gasteiger partial charge in [-0.3, -0.25) is 4.79 Å². The largest absolute Gasteiger partial charge is 0.375 e. The van der Waals surface area contributed by atoms with E-state index in [1.165, 1.54) is 0 Å². The highest BCUT2D eigenvalue weighted by molar-refractivity contribution is 6.34. The minimum atomic E-state index is -0.221. The number of hydrogen-bond donors (Lipinski definition) is 2. The summed E-state index contributed by atoms with van der Waals surface area (Å²) >= 11 is 6.12. The second kappa shape index (κ2) is 10.6. The van der Waals surface area contributed by atoms with Gasteiger partial charge in [-0.1, -0.05) is 41.9 Å². The number of benzene rings is 2. The van der Waals surface area contributed by atoms with E-state index in [0.29, 0.717) is 23.7 Å². The van der Waals surface area contributed by atoms with Crippen molar-refractivity contribution in [1.82, 2.24) is 10.3 Å². The average Bonchev–Trinajstić information content (AvgIpc) is 2.80. The first-order chi connectivity index (χ1) is 15.6. The summed E-state index contributed by atoms with van der Waals surface area (Å²) in [6.07, 6.45) is 2.15. The van der Waals surface area contributed by atoms with Gasteiger partial charge >= 0.3 is 0 Å². The van der Waals surface area contributed by atoms with Crippen LogP contribution in [-0.2, 0) is 17.8 Å². The van der Waals surface area contributed by atoms with Crippen molar-refractivity contribution in [2.24, 2.45) is 0 Å². The van der Waals surface area contributed by atoms with Gasteiger partial charge in [-0.05, 0) is 48.4 Å². The van der Waals surface area contributed by atoms with E-state index >= 15 is 0 Å². The lowest BCUT2D eigenvalue weighted by molar-refractivity contribution is 0.0529. The van der Waals surface area contributed by atoms with Gasteiger partial charge in [0.05, 0.1) is 23.3 Å². The molecule has 1 unspecified atom stereocenters. The van der Waals surface area contributed by atoms with Crippen LogP contribution in [0.25, 0.3) is 0 Å². The molecule has 3 aromatic rings. The number of carbonyl (C=O) groups excluding carboxylic acids is 1. The topological polar surface area (TPSA) is 66.5 Å². The van der Waals surface area contributed by atoms with Crippen LogP contribution >= 0.6 is 11.6 Å². The molecular weight excluding hydrogens is 424 g/mol. The van der Waals surface area contributed by atoms with Gasteiger partial charge in [0.1, 0.15) is 5.82 Å². The molecule has 4 rings (SSSR count). The Morgan fingerprint density at radius 3 is 2.75 bits per heavy atom. The maximum Gasteiger partial charge on any atom is 0.257 e. The van der Waals surface area contributed by atoms with Crippen molar-refractivity contribution in [2.45, 2.75) is 26.1 Å². The summed E-state index contributed by atoms with van der Waals surface area (Å²) in [7, 11) is 0. The lowest BCUT2D eigenvalue weighted by Gasteiger charge is -2.32. The summed E-state index contributed by atoms with van der Waals surface area (Å²) < 4.78 is 5.60. The molecule has 0 spiro atoms. The minimum absolute atomic E-state index is 0.221. The molecule has 166 valence electrons. The van der Waals surface area contributed by atoms with E-state index in [4.69, 9.17) is 16.3 Å². The van der Waals surface area contributed by atoms with Gasteiger partial charge in [-0.2, -0.15) is 0 Å². The maximum absolute atomic E-state index is 12.5. The Labute approximate surface area is 193 Å². The number of halogens is 1. The Kier molecular flexibility index (Phi) is 7.37. The molecule has 7 heteroatoms. The van der Waals surface area contributed by atoms with Crippen LogP contribution in [-0.4, -0.2) is 36.7 Å². The highest BCUT2D eigenvalue weighted by Crippen LogP contribution is 2.18. The fourth-order valence-electron chi connectivity index (χ4n) is 3.69. The Bertz CT molecular complexity index is 1060. The van der Waals surface area contributed by atoms with Crippen LogP contribution in [0.5, 0.6) is 0 Å². The Morgan fingerprint density at radius 1 is 1.12 bits per heavy atom. The molecule has 32 heavy (non-hydrogen) atoms. The van der Waals surface area contributed by atoms with Crippen molar-refractivity contribution in [1.29, 1.82) is 0 Å². The summed E-state index contributed by atoms with van der Waals surface area (Å²) in [4.78, 5) is 19.4. The zero-order valence-electron chi connectivity index (χ0n) is 18.1.